The smallest absolute Gasteiger partial charge is 0.303 e. The molecule has 0 aromatic heterocycles. The number of likely N-dealkylation sites (N-methyl/N-ethyl adjacent to an activating group) is 1. The maximum absolute atomic E-state index is 12.2. The van der Waals surface area contributed by atoms with E-state index in [9.17, 15) is 19.7 Å². The zero-order valence-corrected chi connectivity index (χ0v) is 15.0. The molecule has 0 aliphatic heterocycles. The third-order valence-electron chi connectivity index (χ3n) is 4.34. The number of amides is 1. The number of nitro groups is 1. The Bertz CT molecular complexity index is 610. The van der Waals surface area contributed by atoms with Gasteiger partial charge in [0.1, 0.15) is 0 Å². The number of nitrogens with zero attached hydrogens (tertiary/aromatic N) is 2. The van der Waals surface area contributed by atoms with Crippen molar-refractivity contribution in [1.82, 2.24) is 4.90 Å². The van der Waals surface area contributed by atoms with Crippen LogP contribution in [-0.4, -0.2) is 40.4 Å². The number of non-ortho nitro benzene ring substituents is 1. The number of rotatable bonds is 10. The average molecular weight is 350 g/mol. The van der Waals surface area contributed by atoms with Crippen molar-refractivity contribution in [3.63, 3.8) is 0 Å². The number of aliphatic carboxylic acids is 1. The van der Waals surface area contributed by atoms with Gasteiger partial charge in [-0.05, 0) is 30.2 Å². The minimum Gasteiger partial charge on any atom is -0.481 e. The fourth-order valence-corrected chi connectivity index (χ4v) is 2.41. The largest absolute Gasteiger partial charge is 0.481 e. The molecule has 7 nitrogen and oxygen atoms in total. The molecule has 0 radical (unpaired) electrons. The summed E-state index contributed by atoms with van der Waals surface area (Å²) in [5.41, 5.74) is 0.802. The molecule has 0 aliphatic rings. The Labute approximate surface area is 147 Å². The highest BCUT2D eigenvalue weighted by Crippen LogP contribution is 2.28. The van der Waals surface area contributed by atoms with Crippen LogP contribution in [0.3, 0.4) is 0 Å². The summed E-state index contributed by atoms with van der Waals surface area (Å²) in [5, 5.41) is 19.4. The van der Waals surface area contributed by atoms with E-state index in [1.54, 1.807) is 24.1 Å². The molecule has 0 heterocycles. The van der Waals surface area contributed by atoms with Gasteiger partial charge in [-0.3, -0.25) is 19.7 Å². The van der Waals surface area contributed by atoms with Gasteiger partial charge < -0.3 is 10.0 Å². The van der Waals surface area contributed by atoms with Gasteiger partial charge >= 0.3 is 5.97 Å². The molecule has 25 heavy (non-hydrogen) atoms. The maximum atomic E-state index is 12.2. The number of carboxylic acid groups (broad SMARTS) is 1. The molecule has 0 aliphatic carbocycles. The lowest BCUT2D eigenvalue weighted by Crippen LogP contribution is -2.30. The van der Waals surface area contributed by atoms with Gasteiger partial charge in [0.2, 0.25) is 5.91 Å². The molecule has 0 spiro atoms. The quantitative estimate of drug-likeness (QED) is 0.515. The highest BCUT2D eigenvalue weighted by Gasteiger charge is 2.21. The fraction of sp³-hybridized carbons (Fsp3) is 0.556. The second-order valence-corrected chi connectivity index (χ2v) is 7.05. The monoisotopic (exact) mass is 350 g/mol. The van der Waals surface area contributed by atoms with Gasteiger partial charge in [0, 0.05) is 38.6 Å². The Kier molecular flexibility index (Phi) is 7.54. The molecule has 0 fully saturated rings. The summed E-state index contributed by atoms with van der Waals surface area (Å²) in [5.74, 6) is -0.801. The van der Waals surface area contributed by atoms with E-state index < -0.39 is 10.9 Å². The topological polar surface area (TPSA) is 101 Å². The minimum absolute atomic E-state index is 0.0188. The first kappa shape index (κ1) is 20.6. The molecule has 138 valence electrons. The molecule has 0 bridgehead atoms. The van der Waals surface area contributed by atoms with E-state index >= 15 is 0 Å². The Morgan fingerprint density at radius 3 is 2.24 bits per heavy atom. The Morgan fingerprint density at radius 2 is 1.72 bits per heavy atom. The predicted octanol–water partition coefficient (Wildman–Crippen LogP) is 3.27. The molecule has 1 N–H and O–H groups in total. The zero-order chi connectivity index (χ0) is 19.0. The van der Waals surface area contributed by atoms with Crippen molar-refractivity contribution in [1.29, 1.82) is 0 Å². The second kappa shape index (κ2) is 9.15. The average Bonchev–Trinajstić information content (AvgIpc) is 2.56. The summed E-state index contributed by atoms with van der Waals surface area (Å²) in [6, 6.07) is 6.32. The first-order chi connectivity index (χ1) is 11.6. The fourth-order valence-electron chi connectivity index (χ4n) is 2.41. The predicted molar refractivity (Wildman–Crippen MR) is 94.3 cm³/mol. The summed E-state index contributed by atoms with van der Waals surface area (Å²) in [7, 11) is 1.73. The maximum Gasteiger partial charge on any atom is 0.303 e. The molecule has 1 aromatic carbocycles. The summed E-state index contributed by atoms with van der Waals surface area (Å²) >= 11 is 0. The molecule has 1 amide bonds. The van der Waals surface area contributed by atoms with Crippen molar-refractivity contribution < 1.29 is 19.6 Å². The molecule has 0 saturated heterocycles. The van der Waals surface area contributed by atoms with E-state index in [0.29, 0.717) is 32.2 Å². The van der Waals surface area contributed by atoms with E-state index in [1.807, 2.05) is 13.8 Å². The van der Waals surface area contributed by atoms with Crippen molar-refractivity contribution in [2.75, 3.05) is 13.6 Å². The standard InChI is InChI=1S/C18H26N2O5/c1-18(2,12-9-17(22)23)11-8-16(21)19(3)13-10-14-4-6-15(7-5-14)20(24)25/h4-7H,8-13H2,1-3H3,(H,22,23). The van der Waals surface area contributed by atoms with Gasteiger partial charge in [0.25, 0.3) is 5.69 Å². The summed E-state index contributed by atoms with van der Waals surface area (Å²) in [6.07, 6.45) is 2.30. The minimum atomic E-state index is -0.820. The summed E-state index contributed by atoms with van der Waals surface area (Å²) in [6.45, 7) is 4.48. The van der Waals surface area contributed by atoms with E-state index in [4.69, 9.17) is 5.11 Å². The molecular formula is C18H26N2O5. The molecule has 0 saturated carbocycles. The Hall–Kier alpha value is -2.44. The number of nitro benzene ring substituents is 1. The van der Waals surface area contributed by atoms with Crippen LogP contribution >= 0.6 is 0 Å². The number of carboxylic acids is 1. The number of carbonyl (C=O) groups excluding carboxylic acids is 1. The summed E-state index contributed by atoms with van der Waals surface area (Å²) in [4.78, 5) is 34.7. The van der Waals surface area contributed by atoms with Gasteiger partial charge in [-0.1, -0.05) is 26.0 Å². The van der Waals surface area contributed by atoms with Gasteiger partial charge in [-0.2, -0.15) is 0 Å². The van der Waals surface area contributed by atoms with Crippen LogP contribution in [0.5, 0.6) is 0 Å². The Balaban J connectivity index is 2.41. The number of benzene rings is 1. The van der Waals surface area contributed by atoms with Crippen molar-refractivity contribution in [3.8, 4) is 0 Å². The lowest BCUT2D eigenvalue weighted by Gasteiger charge is -2.25. The summed E-state index contributed by atoms with van der Waals surface area (Å²) < 4.78 is 0. The molecule has 0 atom stereocenters. The lowest BCUT2D eigenvalue weighted by atomic mass is 9.83. The number of carbonyl (C=O) groups is 2. The first-order valence-corrected chi connectivity index (χ1v) is 8.30. The van der Waals surface area contributed by atoms with Crippen LogP contribution in [0.4, 0.5) is 5.69 Å². The molecule has 1 aromatic rings. The number of hydrogen-bond acceptors (Lipinski definition) is 4. The molecular weight excluding hydrogens is 324 g/mol. The SMILES string of the molecule is CN(CCc1ccc([N+](=O)[O-])cc1)C(=O)CCC(C)(C)CCC(=O)O. The van der Waals surface area contributed by atoms with Crippen LogP contribution in [0, 0.1) is 15.5 Å². The van der Waals surface area contributed by atoms with Crippen molar-refractivity contribution >= 4 is 17.6 Å². The molecule has 7 heteroatoms. The van der Waals surface area contributed by atoms with Crippen LogP contribution in [-0.2, 0) is 16.0 Å². The van der Waals surface area contributed by atoms with E-state index in [2.05, 4.69) is 0 Å². The van der Waals surface area contributed by atoms with Gasteiger partial charge in [0.15, 0.2) is 0 Å². The van der Waals surface area contributed by atoms with Crippen molar-refractivity contribution in [2.24, 2.45) is 5.41 Å². The normalized spacial score (nSPS) is 11.2. The molecule has 1 rings (SSSR count). The van der Waals surface area contributed by atoms with Gasteiger partial charge in [-0.15, -0.1) is 0 Å². The van der Waals surface area contributed by atoms with Crippen LogP contribution in [0.1, 0.15) is 45.1 Å². The highest BCUT2D eigenvalue weighted by atomic mass is 16.6. The lowest BCUT2D eigenvalue weighted by molar-refractivity contribution is -0.384. The first-order valence-electron chi connectivity index (χ1n) is 8.30. The van der Waals surface area contributed by atoms with Crippen LogP contribution in [0.2, 0.25) is 0 Å². The molecule has 0 unspecified atom stereocenters. The van der Waals surface area contributed by atoms with Crippen molar-refractivity contribution in [3.05, 3.63) is 39.9 Å². The Morgan fingerprint density at radius 1 is 1.16 bits per heavy atom. The van der Waals surface area contributed by atoms with Gasteiger partial charge in [0.05, 0.1) is 4.92 Å². The van der Waals surface area contributed by atoms with E-state index in [-0.39, 0.29) is 23.4 Å². The van der Waals surface area contributed by atoms with Crippen LogP contribution < -0.4 is 0 Å². The second-order valence-electron chi connectivity index (χ2n) is 7.05. The van der Waals surface area contributed by atoms with Gasteiger partial charge in [-0.25, -0.2) is 0 Å². The third kappa shape index (κ3) is 7.78. The van der Waals surface area contributed by atoms with Crippen LogP contribution in [0.15, 0.2) is 24.3 Å². The third-order valence-corrected chi connectivity index (χ3v) is 4.34. The zero-order valence-electron chi connectivity index (χ0n) is 15.0. The van der Waals surface area contributed by atoms with E-state index in [0.717, 1.165) is 5.56 Å². The van der Waals surface area contributed by atoms with Crippen LogP contribution in [0.25, 0.3) is 0 Å². The van der Waals surface area contributed by atoms with Crippen molar-refractivity contribution in [2.45, 2.75) is 46.0 Å². The van der Waals surface area contributed by atoms with E-state index in [1.165, 1.54) is 12.1 Å². The number of hydrogen-bond donors (Lipinski definition) is 1. The highest BCUT2D eigenvalue weighted by molar-refractivity contribution is 5.75.